The summed E-state index contributed by atoms with van der Waals surface area (Å²) >= 11 is 0. The standard InChI is InChI=1S/C16H18FN/c1-2-3-4-9-16(18)14-10-11-15(17)13-8-6-5-7-12(13)14/h2,5-8,10-11,16H,1,3-4,9,18H2. The molecule has 0 spiro atoms. The third-order valence-corrected chi connectivity index (χ3v) is 3.23. The average molecular weight is 243 g/mol. The zero-order valence-corrected chi connectivity index (χ0v) is 10.4. The second kappa shape index (κ2) is 5.78. The Hall–Kier alpha value is -1.67. The molecule has 2 aromatic rings. The summed E-state index contributed by atoms with van der Waals surface area (Å²) in [5.41, 5.74) is 7.22. The van der Waals surface area contributed by atoms with Crippen LogP contribution in [0.15, 0.2) is 49.1 Å². The van der Waals surface area contributed by atoms with Crippen LogP contribution in [0.1, 0.15) is 30.9 Å². The maximum absolute atomic E-state index is 13.7. The number of hydrogen-bond donors (Lipinski definition) is 1. The van der Waals surface area contributed by atoms with Crippen LogP contribution in [0.5, 0.6) is 0 Å². The van der Waals surface area contributed by atoms with E-state index < -0.39 is 0 Å². The van der Waals surface area contributed by atoms with Crippen LogP contribution in [-0.4, -0.2) is 0 Å². The number of fused-ring (bicyclic) bond motifs is 1. The van der Waals surface area contributed by atoms with Crippen molar-refractivity contribution < 1.29 is 4.39 Å². The Labute approximate surface area is 107 Å². The van der Waals surface area contributed by atoms with Gasteiger partial charge in [0.25, 0.3) is 0 Å². The molecule has 0 radical (unpaired) electrons. The third-order valence-electron chi connectivity index (χ3n) is 3.23. The van der Waals surface area contributed by atoms with Gasteiger partial charge in [0.1, 0.15) is 5.82 Å². The zero-order valence-electron chi connectivity index (χ0n) is 10.4. The van der Waals surface area contributed by atoms with E-state index in [0.29, 0.717) is 5.39 Å². The van der Waals surface area contributed by atoms with Crippen LogP contribution in [0.4, 0.5) is 4.39 Å². The van der Waals surface area contributed by atoms with E-state index in [2.05, 4.69) is 6.58 Å². The molecule has 0 aliphatic carbocycles. The lowest BCUT2D eigenvalue weighted by atomic mass is 9.95. The molecule has 1 atom stereocenters. The number of nitrogens with two attached hydrogens (primary N) is 1. The first-order valence-corrected chi connectivity index (χ1v) is 6.27. The quantitative estimate of drug-likeness (QED) is 0.613. The monoisotopic (exact) mass is 243 g/mol. The highest BCUT2D eigenvalue weighted by Crippen LogP contribution is 2.27. The first-order chi connectivity index (χ1) is 8.74. The molecule has 18 heavy (non-hydrogen) atoms. The summed E-state index contributed by atoms with van der Waals surface area (Å²) in [5.74, 6) is -0.187. The van der Waals surface area contributed by atoms with Crippen molar-refractivity contribution >= 4 is 10.8 Å². The molecule has 2 N–H and O–H groups in total. The Morgan fingerprint density at radius 3 is 2.61 bits per heavy atom. The minimum atomic E-state index is -0.187. The van der Waals surface area contributed by atoms with Crippen molar-refractivity contribution in [2.75, 3.05) is 0 Å². The summed E-state index contributed by atoms with van der Waals surface area (Å²) in [7, 11) is 0. The molecule has 0 saturated heterocycles. The van der Waals surface area contributed by atoms with E-state index in [-0.39, 0.29) is 11.9 Å². The molecule has 2 heteroatoms. The highest BCUT2D eigenvalue weighted by Gasteiger charge is 2.11. The van der Waals surface area contributed by atoms with E-state index in [1.54, 1.807) is 12.1 Å². The fraction of sp³-hybridized carbons (Fsp3) is 0.250. The largest absolute Gasteiger partial charge is 0.324 e. The minimum absolute atomic E-state index is 0.0459. The number of hydrogen-bond acceptors (Lipinski definition) is 1. The molecule has 2 rings (SSSR count). The van der Waals surface area contributed by atoms with Gasteiger partial charge in [0.15, 0.2) is 0 Å². The third kappa shape index (κ3) is 2.59. The molecule has 0 aliphatic heterocycles. The smallest absolute Gasteiger partial charge is 0.131 e. The molecule has 0 bridgehead atoms. The topological polar surface area (TPSA) is 26.0 Å². The fourth-order valence-electron chi connectivity index (χ4n) is 2.25. The lowest BCUT2D eigenvalue weighted by Gasteiger charge is -2.14. The molecule has 0 aliphatic rings. The average Bonchev–Trinajstić information content (AvgIpc) is 2.39. The van der Waals surface area contributed by atoms with Crippen LogP contribution < -0.4 is 5.73 Å². The predicted octanol–water partition coefficient (Wildman–Crippen LogP) is 4.34. The van der Waals surface area contributed by atoms with Gasteiger partial charge < -0.3 is 5.73 Å². The molecule has 0 fully saturated rings. The first-order valence-electron chi connectivity index (χ1n) is 6.27. The minimum Gasteiger partial charge on any atom is -0.324 e. The molecule has 1 unspecified atom stereocenters. The zero-order chi connectivity index (χ0) is 13.0. The van der Waals surface area contributed by atoms with Crippen molar-refractivity contribution in [1.82, 2.24) is 0 Å². The van der Waals surface area contributed by atoms with Crippen LogP contribution in [-0.2, 0) is 0 Å². The second-order valence-electron chi connectivity index (χ2n) is 4.51. The van der Waals surface area contributed by atoms with Gasteiger partial charge in [-0.25, -0.2) is 4.39 Å². The van der Waals surface area contributed by atoms with Gasteiger partial charge in [-0.2, -0.15) is 0 Å². The summed E-state index contributed by atoms with van der Waals surface area (Å²) in [6.07, 6.45) is 4.76. The highest BCUT2D eigenvalue weighted by atomic mass is 19.1. The van der Waals surface area contributed by atoms with Gasteiger partial charge in [0.2, 0.25) is 0 Å². The fourth-order valence-corrected chi connectivity index (χ4v) is 2.25. The summed E-state index contributed by atoms with van der Waals surface area (Å²) in [5, 5.41) is 1.57. The van der Waals surface area contributed by atoms with Gasteiger partial charge in [0.05, 0.1) is 0 Å². The predicted molar refractivity (Wildman–Crippen MR) is 74.9 cm³/mol. The molecule has 94 valence electrons. The van der Waals surface area contributed by atoms with Gasteiger partial charge in [-0.3, -0.25) is 0 Å². The highest BCUT2D eigenvalue weighted by molar-refractivity contribution is 5.86. The van der Waals surface area contributed by atoms with Crippen molar-refractivity contribution in [1.29, 1.82) is 0 Å². The van der Waals surface area contributed by atoms with Crippen molar-refractivity contribution in [3.05, 3.63) is 60.4 Å². The number of allylic oxidation sites excluding steroid dienone is 1. The summed E-state index contributed by atoms with van der Waals surface area (Å²) in [6, 6.07) is 10.8. The van der Waals surface area contributed by atoms with Gasteiger partial charge in [-0.05, 0) is 36.3 Å². The molecule has 0 amide bonds. The molecule has 1 nitrogen and oxygen atoms in total. The van der Waals surface area contributed by atoms with Crippen LogP contribution in [0.3, 0.4) is 0 Å². The van der Waals surface area contributed by atoms with E-state index in [0.717, 1.165) is 30.2 Å². The van der Waals surface area contributed by atoms with Gasteiger partial charge in [-0.15, -0.1) is 6.58 Å². The summed E-state index contributed by atoms with van der Waals surface area (Å²) in [4.78, 5) is 0. The summed E-state index contributed by atoms with van der Waals surface area (Å²) < 4.78 is 13.7. The SMILES string of the molecule is C=CCCCC(N)c1ccc(F)c2ccccc12. The van der Waals surface area contributed by atoms with Crippen molar-refractivity contribution in [3.8, 4) is 0 Å². The molecule has 2 aromatic carbocycles. The Bertz CT molecular complexity index is 548. The Balaban J connectivity index is 2.33. The van der Waals surface area contributed by atoms with E-state index in [4.69, 9.17) is 5.73 Å². The van der Waals surface area contributed by atoms with Crippen molar-refractivity contribution in [2.45, 2.75) is 25.3 Å². The van der Waals surface area contributed by atoms with Crippen molar-refractivity contribution in [3.63, 3.8) is 0 Å². The summed E-state index contributed by atoms with van der Waals surface area (Å²) in [6.45, 7) is 3.70. The molecular formula is C16H18FN. The first kappa shape index (κ1) is 12.8. The molecular weight excluding hydrogens is 225 g/mol. The second-order valence-corrected chi connectivity index (χ2v) is 4.51. The van der Waals surface area contributed by atoms with Gasteiger partial charge >= 0.3 is 0 Å². The Kier molecular flexibility index (Phi) is 4.11. The van der Waals surface area contributed by atoms with Crippen LogP contribution >= 0.6 is 0 Å². The maximum Gasteiger partial charge on any atom is 0.131 e. The van der Waals surface area contributed by atoms with E-state index >= 15 is 0 Å². The molecule has 0 aromatic heterocycles. The molecule has 0 heterocycles. The van der Waals surface area contributed by atoms with Crippen molar-refractivity contribution in [2.24, 2.45) is 5.73 Å². The van der Waals surface area contributed by atoms with E-state index in [1.165, 1.54) is 6.07 Å². The van der Waals surface area contributed by atoms with E-state index in [1.807, 2.05) is 24.3 Å². The number of unbranched alkanes of at least 4 members (excludes halogenated alkanes) is 1. The number of halogens is 1. The van der Waals surface area contributed by atoms with E-state index in [9.17, 15) is 4.39 Å². The number of benzene rings is 2. The molecule has 0 saturated carbocycles. The maximum atomic E-state index is 13.7. The van der Waals surface area contributed by atoms with Crippen LogP contribution in [0.25, 0.3) is 10.8 Å². The normalized spacial score (nSPS) is 12.6. The Morgan fingerprint density at radius 1 is 1.17 bits per heavy atom. The Morgan fingerprint density at radius 2 is 1.89 bits per heavy atom. The van der Waals surface area contributed by atoms with Crippen LogP contribution in [0, 0.1) is 5.82 Å². The van der Waals surface area contributed by atoms with Crippen LogP contribution in [0.2, 0.25) is 0 Å². The lowest BCUT2D eigenvalue weighted by Crippen LogP contribution is -2.10. The lowest BCUT2D eigenvalue weighted by molar-refractivity contribution is 0.615. The number of rotatable bonds is 5. The van der Waals surface area contributed by atoms with Gasteiger partial charge in [0, 0.05) is 11.4 Å². The van der Waals surface area contributed by atoms with Gasteiger partial charge in [-0.1, -0.05) is 36.4 Å².